The van der Waals surface area contributed by atoms with Crippen molar-refractivity contribution in [3.8, 4) is 5.69 Å². The van der Waals surface area contributed by atoms with Crippen LogP contribution in [0.5, 0.6) is 0 Å². The molecule has 1 atom stereocenters. The average molecular weight is 264 g/mol. The molecule has 1 aromatic heterocycles. The highest BCUT2D eigenvalue weighted by Gasteiger charge is 2.20. The predicted molar refractivity (Wildman–Crippen MR) is 69.0 cm³/mol. The van der Waals surface area contributed by atoms with Crippen molar-refractivity contribution in [3.05, 3.63) is 35.1 Å². The van der Waals surface area contributed by atoms with Crippen LogP contribution in [0.1, 0.15) is 24.6 Å². The summed E-state index contributed by atoms with van der Waals surface area (Å²) in [4.78, 5) is 1.51. The molecule has 1 aliphatic rings. The number of nitrogens with one attached hydrogen (secondary N) is 1. The van der Waals surface area contributed by atoms with E-state index in [0.717, 1.165) is 37.4 Å². The molecule has 1 fully saturated rings. The van der Waals surface area contributed by atoms with E-state index >= 15 is 0 Å². The lowest BCUT2D eigenvalue weighted by atomic mass is 9.99. The van der Waals surface area contributed by atoms with Gasteiger partial charge in [-0.1, -0.05) is 23.7 Å². The standard InChI is InChI=1S/C12H14ClN5/c13-10-5-1-2-6-11(10)18-16-12(15-17-18)9-4-3-7-14-8-9/h1-2,5-6,9,14H,3-4,7-8H2. The molecule has 6 heteroatoms. The first-order valence-corrected chi connectivity index (χ1v) is 6.48. The van der Waals surface area contributed by atoms with Crippen LogP contribution in [0.3, 0.4) is 0 Å². The summed E-state index contributed by atoms with van der Waals surface area (Å²) in [6, 6.07) is 7.50. The number of rotatable bonds is 2. The Labute approximate surface area is 110 Å². The fourth-order valence-electron chi connectivity index (χ4n) is 2.18. The van der Waals surface area contributed by atoms with Crippen LogP contribution in [0.25, 0.3) is 5.69 Å². The molecule has 1 saturated heterocycles. The summed E-state index contributed by atoms with van der Waals surface area (Å²) < 4.78 is 0. The molecule has 1 aliphatic heterocycles. The number of benzene rings is 1. The molecular formula is C12H14ClN5. The molecule has 0 spiro atoms. The van der Waals surface area contributed by atoms with Crippen LogP contribution in [0.15, 0.2) is 24.3 Å². The van der Waals surface area contributed by atoms with Gasteiger partial charge in [0, 0.05) is 12.5 Å². The van der Waals surface area contributed by atoms with Crippen LogP contribution >= 0.6 is 11.6 Å². The van der Waals surface area contributed by atoms with Crippen molar-refractivity contribution in [2.24, 2.45) is 0 Å². The predicted octanol–water partition coefficient (Wildman–Crippen LogP) is 1.78. The molecule has 1 unspecified atom stereocenters. The maximum Gasteiger partial charge on any atom is 0.179 e. The zero-order valence-corrected chi connectivity index (χ0v) is 10.6. The van der Waals surface area contributed by atoms with Gasteiger partial charge in [0.25, 0.3) is 0 Å². The first kappa shape index (κ1) is 11.6. The van der Waals surface area contributed by atoms with Gasteiger partial charge in [-0.2, -0.15) is 0 Å². The lowest BCUT2D eigenvalue weighted by Gasteiger charge is -2.19. The highest BCUT2D eigenvalue weighted by atomic mass is 35.5. The van der Waals surface area contributed by atoms with Gasteiger partial charge < -0.3 is 5.32 Å². The molecule has 0 aliphatic carbocycles. The third-order valence-electron chi connectivity index (χ3n) is 3.16. The number of aromatic nitrogens is 4. The lowest BCUT2D eigenvalue weighted by Crippen LogP contribution is -2.29. The van der Waals surface area contributed by atoms with Crippen LogP contribution < -0.4 is 5.32 Å². The number of hydrogen-bond donors (Lipinski definition) is 1. The average Bonchev–Trinajstić information content (AvgIpc) is 2.90. The van der Waals surface area contributed by atoms with Gasteiger partial charge in [0.05, 0.1) is 5.02 Å². The summed E-state index contributed by atoms with van der Waals surface area (Å²) in [6.07, 6.45) is 2.27. The molecule has 2 aromatic rings. The van der Waals surface area contributed by atoms with Gasteiger partial charge in [0.1, 0.15) is 5.69 Å². The quantitative estimate of drug-likeness (QED) is 0.897. The summed E-state index contributed by atoms with van der Waals surface area (Å²) >= 11 is 6.11. The first-order valence-electron chi connectivity index (χ1n) is 6.10. The number of nitrogens with zero attached hydrogens (tertiary/aromatic N) is 4. The SMILES string of the molecule is Clc1ccccc1-n1nnc(C2CCCNC2)n1. The van der Waals surface area contributed by atoms with Crippen molar-refractivity contribution in [2.45, 2.75) is 18.8 Å². The van der Waals surface area contributed by atoms with Crippen molar-refractivity contribution < 1.29 is 0 Å². The summed E-state index contributed by atoms with van der Waals surface area (Å²) in [5.41, 5.74) is 0.765. The number of piperidine rings is 1. The maximum absolute atomic E-state index is 6.11. The van der Waals surface area contributed by atoms with E-state index in [4.69, 9.17) is 11.6 Å². The number of para-hydroxylation sites is 1. The van der Waals surface area contributed by atoms with E-state index in [-0.39, 0.29) is 0 Å². The molecule has 18 heavy (non-hydrogen) atoms. The first-order chi connectivity index (χ1) is 8.84. The Bertz CT molecular complexity index is 533. The van der Waals surface area contributed by atoms with Gasteiger partial charge in [0.15, 0.2) is 5.82 Å². The highest BCUT2D eigenvalue weighted by Crippen LogP contribution is 2.21. The molecule has 1 N–H and O–H groups in total. The summed E-state index contributed by atoms with van der Waals surface area (Å²) in [7, 11) is 0. The highest BCUT2D eigenvalue weighted by molar-refractivity contribution is 6.32. The Morgan fingerprint density at radius 3 is 3.00 bits per heavy atom. The minimum Gasteiger partial charge on any atom is -0.316 e. The summed E-state index contributed by atoms with van der Waals surface area (Å²) in [6.45, 7) is 2.00. The van der Waals surface area contributed by atoms with Crippen molar-refractivity contribution in [3.63, 3.8) is 0 Å². The molecule has 5 nitrogen and oxygen atoms in total. The van der Waals surface area contributed by atoms with Crippen molar-refractivity contribution in [2.75, 3.05) is 13.1 Å². The van der Waals surface area contributed by atoms with Crippen molar-refractivity contribution >= 4 is 11.6 Å². The second-order valence-corrected chi connectivity index (χ2v) is 4.84. The fourth-order valence-corrected chi connectivity index (χ4v) is 2.39. The van der Waals surface area contributed by atoms with Gasteiger partial charge >= 0.3 is 0 Å². The lowest BCUT2D eigenvalue weighted by molar-refractivity contribution is 0.446. The largest absolute Gasteiger partial charge is 0.316 e. The van der Waals surface area contributed by atoms with Crippen LogP contribution in [0.2, 0.25) is 5.02 Å². The molecule has 3 rings (SSSR count). The minimum atomic E-state index is 0.356. The van der Waals surface area contributed by atoms with E-state index in [1.54, 1.807) is 0 Å². The van der Waals surface area contributed by atoms with Crippen molar-refractivity contribution in [1.29, 1.82) is 0 Å². The van der Waals surface area contributed by atoms with Gasteiger partial charge in [-0.25, -0.2) is 0 Å². The normalized spacial score (nSPS) is 19.9. The molecule has 0 amide bonds. The van der Waals surface area contributed by atoms with E-state index in [1.165, 1.54) is 4.80 Å². The second-order valence-electron chi connectivity index (χ2n) is 4.43. The van der Waals surface area contributed by atoms with E-state index in [1.807, 2.05) is 24.3 Å². The topological polar surface area (TPSA) is 55.6 Å². The monoisotopic (exact) mass is 263 g/mol. The summed E-state index contributed by atoms with van der Waals surface area (Å²) in [5.74, 6) is 1.15. The van der Waals surface area contributed by atoms with Crippen LogP contribution in [0.4, 0.5) is 0 Å². The van der Waals surface area contributed by atoms with Gasteiger partial charge in [-0.3, -0.25) is 0 Å². The molecule has 0 bridgehead atoms. The second kappa shape index (κ2) is 5.04. The molecular weight excluding hydrogens is 250 g/mol. The number of hydrogen-bond acceptors (Lipinski definition) is 4. The molecule has 1 aromatic carbocycles. The minimum absolute atomic E-state index is 0.356. The van der Waals surface area contributed by atoms with E-state index in [0.29, 0.717) is 10.9 Å². The molecule has 2 heterocycles. The Morgan fingerprint density at radius 2 is 2.22 bits per heavy atom. The Morgan fingerprint density at radius 1 is 1.33 bits per heavy atom. The molecule has 94 valence electrons. The number of tetrazole rings is 1. The van der Waals surface area contributed by atoms with Gasteiger partial charge in [0.2, 0.25) is 0 Å². The third kappa shape index (κ3) is 2.23. The van der Waals surface area contributed by atoms with Gasteiger partial charge in [-0.15, -0.1) is 15.0 Å². The maximum atomic E-state index is 6.11. The van der Waals surface area contributed by atoms with Crippen LogP contribution in [-0.2, 0) is 0 Å². The van der Waals surface area contributed by atoms with E-state index < -0.39 is 0 Å². The zero-order valence-electron chi connectivity index (χ0n) is 9.88. The summed E-state index contributed by atoms with van der Waals surface area (Å²) in [5, 5.41) is 16.6. The Hall–Kier alpha value is -1.46. The molecule has 0 saturated carbocycles. The van der Waals surface area contributed by atoms with Crippen LogP contribution in [0, 0.1) is 0 Å². The Balaban J connectivity index is 1.87. The van der Waals surface area contributed by atoms with E-state index in [9.17, 15) is 0 Å². The molecule has 0 radical (unpaired) electrons. The van der Waals surface area contributed by atoms with Gasteiger partial charge in [-0.05, 0) is 36.7 Å². The van der Waals surface area contributed by atoms with Crippen LogP contribution in [-0.4, -0.2) is 33.3 Å². The Kier molecular flexibility index (Phi) is 3.25. The van der Waals surface area contributed by atoms with E-state index in [2.05, 4.69) is 20.7 Å². The van der Waals surface area contributed by atoms with Crippen molar-refractivity contribution in [1.82, 2.24) is 25.5 Å². The third-order valence-corrected chi connectivity index (χ3v) is 3.48. The number of halogens is 1. The zero-order chi connectivity index (χ0) is 12.4. The fraction of sp³-hybridized carbons (Fsp3) is 0.417. The smallest absolute Gasteiger partial charge is 0.179 e.